The zero-order valence-corrected chi connectivity index (χ0v) is 13.0. The van der Waals surface area contributed by atoms with Gasteiger partial charge in [0.15, 0.2) is 11.6 Å². The third kappa shape index (κ3) is 3.38. The molecule has 0 amide bonds. The number of ether oxygens (including phenoxy) is 1. The van der Waals surface area contributed by atoms with Crippen LogP contribution in [0, 0.1) is 23.4 Å². The van der Waals surface area contributed by atoms with E-state index in [-0.39, 0.29) is 11.5 Å². The number of esters is 1. The highest BCUT2D eigenvalue weighted by atomic mass is 19.2. The quantitative estimate of drug-likeness (QED) is 0.445. The highest BCUT2D eigenvalue weighted by Crippen LogP contribution is 2.31. The zero-order valence-electron chi connectivity index (χ0n) is 13.0. The lowest BCUT2D eigenvalue weighted by atomic mass is 9.86. The maximum Gasteiger partial charge on any atom is 0.339 e. The molecule has 1 aromatic rings. The van der Waals surface area contributed by atoms with E-state index in [0.717, 1.165) is 18.1 Å². The smallest absolute Gasteiger partial charge is 0.339 e. The molecule has 0 radical (unpaired) electrons. The SMILES string of the molecule is C=Cc1cc(F)c(F)c(OC(=O)C2=CC=C(C)C(CC)C2)c1F. The van der Waals surface area contributed by atoms with Crippen molar-refractivity contribution < 1.29 is 22.7 Å². The van der Waals surface area contributed by atoms with Gasteiger partial charge in [0.25, 0.3) is 0 Å². The second-order valence-corrected chi connectivity index (χ2v) is 5.41. The Kier molecular flexibility index (Phi) is 5.08. The summed E-state index contributed by atoms with van der Waals surface area (Å²) < 4.78 is 46.1. The number of hydrogen-bond acceptors (Lipinski definition) is 2. The molecule has 1 aliphatic carbocycles. The Labute approximate surface area is 133 Å². The summed E-state index contributed by atoms with van der Waals surface area (Å²) in [6.45, 7) is 7.25. The third-order valence-corrected chi connectivity index (χ3v) is 3.97. The van der Waals surface area contributed by atoms with Crippen molar-refractivity contribution in [1.82, 2.24) is 0 Å². The van der Waals surface area contributed by atoms with E-state index >= 15 is 0 Å². The lowest BCUT2D eigenvalue weighted by molar-refractivity contribution is -0.130. The van der Waals surface area contributed by atoms with Gasteiger partial charge in [0.05, 0.1) is 0 Å². The lowest BCUT2D eigenvalue weighted by Gasteiger charge is -2.20. The molecule has 0 aliphatic heterocycles. The van der Waals surface area contributed by atoms with E-state index in [1.165, 1.54) is 0 Å². The van der Waals surface area contributed by atoms with Gasteiger partial charge in [-0.15, -0.1) is 0 Å². The van der Waals surface area contributed by atoms with E-state index in [1.807, 2.05) is 13.8 Å². The van der Waals surface area contributed by atoms with Crippen LogP contribution in [0.5, 0.6) is 5.75 Å². The largest absolute Gasteiger partial charge is 0.417 e. The van der Waals surface area contributed by atoms with E-state index in [2.05, 4.69) is 6.58 Å². The molecule has 0 fully saturated rings. The first-order valence-electron chi connectivity index (χ1n) is 7.28. The molecule has 0 saturated carbocycles. The second kappa shape index (κ2) is 6.86. The Morgan fingerprint density at radius 1 is 1.35 bits per heavy atom. The third-order valence-electron chi connectivity index (χ3n) is 3.97. The Bertz CT molecular complexity index is 717. The molecule has 23 heavy (non-hydrogen) atoms. The van der Waals surface area contributed by atoms with Crippen LogP contribution in [-0.2, 0) is 4.79 Å². The van der Waals surface area contributed by atoms with Gasteiger partial charge in [-0.2, -0.15) is 4.39 Å². The minimum Gasteiger partial charge on any atom is -0.417 e. The summed E-state index contributed by atoms with van der Waals surface area (Å²) in [7, 11) is 0. The topological polar surface area (TPSA) is 26.3 Å². The minimum atomic E-state index is -1.53. The Balaban J connectivity index is 2.31. The summed E-state index contributed by atoms with van der Waals surface area (Å²) in [6.07, 6.45) is 5.62. The fraction of sp³-hybridized carbons (Fsp3) is 0.278. The molecule has 0 saturated heterocycles. The monoisotopic (exact) mass is 322 g/mol. The van der Waals surface area contributed by atoms with Gasteiger partial charge in [0, 0.05) is 11.1 Å². The first-order chi connectivity index (χ1) is 10.9. The second-order valence-electron chi connectivity index (χ2n) is 5.41. The van der Waals surface area contributed by atoms with Crippen LogP contribution in [-0.4, -0.2) is 5.97 Å². The summed E-state index contributed by atoms with van der Waals surface area (Å²) in [5, 5.41) is 0. The molecule has 0 heterocycles. The van der Waals surface area contributed by atoms with E-state index in [4.69, 9.17) is 4.74 Å². The van der Waals surface area contributed by atoms with Gasteiger partial charge in [-0.25, -0.2) is 13.6 Å². The summed E-state index contributed by atoms with van der Waals surface area (Å²) in [6, 6.07) is 0.661. The highest BCUT2D eigenvalue weighted by molar-refractivity contribution is 5.91. The molecule has 122 valence electrons. The molecule has 0 aromatic heterocycles. The van der Waals surface area contributed by atoms with Gasteiger partial charge in [0.1, 0.15) is 0 Å². The van der Waals surface area contributed by atoms with Crippen molar-refractivity contribution in [3.05, 3.63) is 59.0 Å². The first-order valence-corrected chi connectivity index (χ1v) is 7.28. The van der Waals surface area contributed by atoms with Crippen molar-refractivity contribution in [3.8, 4) is 5.75 Å². The van der Waals surface area contributed by atoms with Crippen LogP contribution < -0.4 is 4.74 Å². The van der Waals surface area contributed by atoms with Crippen LogP contribution in [0.15, 0.2) is 35.9 Å². The number of halogens is 3. The Morgan fingerprint density at radius 2 is 2.04 bits per heavy atom. The summed E-state index contributed by atoms with van der Waals surface area (Å²) >= 11 is 0. The molecule has 1 unspecified atom stereocenters. The van der Waals surface area contributed by atoms with Crippen molar-refractivity contribution in [2.75, 3.05) is 0 Å². The van der Waals surface area contributed by atoms with Crippen LogP contribution in [0.2, 0.25) is 0 Å². The van der Waals surface area contributed by atoms with Gasteiger partial charge in [-0.05, 0) is 31.7 Å². The fourth-order valence-corrected chi connectivity index (χ4v) is 2.48. The molecule has 5 heteroatoms. The van der Waals surface area contributed by atoms with E-state index in [9.17, 15) is 18.0 Å². The van der Waals surface area contributed by atoms with E-state index < -0.39 is 29.2 Å². The average molecular weight is 322 g/mol. The fourth-order valence-electron chi connectivity index (χ4n) is 2.48. The molecular weight excluding hydrogens is 305 g/mol. The Hall–Kier alpha value is -2.30. The molecule has 0 N–H and O–H groups in total. The molecule has 2 rings (SSSR count). The highest BCUT2D eigenvalue weighted by Gasteiger charge is 2.25. The summed E-state index contributed by atoms with van der Waals surface area (Å²) in [5.74, 6) is -5.73. The Morgan fingerprint density at radius 3 is 2.65 bits per heavy atom. The molecule has 1 aliphatic rings. The van der Waals surface area contributed by atoms with Gasteiger partial charge in [0.2, 0.25) is 11.6 Å². The molecule has 1 atom stereocenters. The first kappa shape index (κ1) is 17.1. The number of carbonyl (C=O) groups excluding carboxylic acids is 1. The minimum absolute atomic E-state index is 0.175. The average Bonchev–Trinajstić information content (AvgIpc) is 2.55. The maximum absolute atomic E-state index is 14.1. The van der Waals surface area contributed by atoms with E-state index in [1.54, 1.807) is 12.2 Å². The number of allylic oxidation sites excluding steroid dienone is 3. The summed E-state index contributed by atoms with van der Waals surface area (Å²) in [5.41, 5.74) is 1.15. The van der Waals surface area contributed by atoms with Crippen LogP contribution in [0.3, 0.4) is 0 Å². The lowest BCUT2D eigenvalue weighted by Crippen LogP contribution is -2.18. The van der Waals surface area contributed by atoms with Gasteiger partial charge in [-0.3, -0.25) is 0 Å². The van der Waals surface area contributed by atoms with Gasteiger partial charge >= 0.3 is 5.97 Å². The van der Waals surface area contributed by atoms with Gasteiger partial charge in [-0.1, -0.05) is 37.3 Å². The number of rotatable bonds is 4. The predicted octanol–water partition coefficient (Wildman–Crippen LogP) is 4.95. The number of hydrogen-bond donors (Lipinski definition) is 0. The van der Waals surface area contributed by atoms with Crippen LogP contribution in [0.4, 0.5) is 13.2 Å². The van der Waals surface area contributed by atoms with Gasteiger partial charge < -0.3 is 4.74 Å². The van der Waals surface area contributed by atoms with E-state index in [0.29, 0.717) is 18.1 Å². The van der Waals surface area contributed by atoms with Crippen molar-refractivity contribution in [2.45, 2.75) is 26.7 Å². The molecule has 0 bridgehead atoms. The van der Waals surface area contributed by atoms with Crippen LogP contribution in [0.25, 0.3) is 6.08 Å². The van der Waals surface area contributed by atoms with Crippen molar-refractivity contribution in [1.29, 1.82) is 0 Å². The molecule has 1 aromatic carbocycles. The van der Waals surface area contributed by atoms with Crippen molar-refractivity contribution in [3.63, 3.8) is 0 Å². The molecule has 2 nitrogen and oxygen atoms in total. The van der Waals surface area contributed by atoms with Crippen LogP contribution in [0.1, 0.15) is 32.3 Å². The molecular formula is C18H17F3O2. The molecule has 0 spiro atoms. The predicted molar refractivity (Wildman–Crippen MR) is 82.3 cm³/mol. The zero-order chi connectivity index (χ0) is 17.1. The van der Waals surface area contributed by atoms with Crippen molar-refractivity contribution >= 4 is 12.0 Å². The maximum atomic E-state index is 14.1. The number of carbonyl (C=O) groups is 1. The van der Waals surface area contributed by atoms with Crippen molar-refractivity contribution in [2.24, 2.45) is 5.92 Å². The standard InChI is InChI=1S/C18H17F3O2/c1-4-11-8-13(7-6-10(11)3)18(22)23-17-15(20)12(5-2)9-14(19)16(17)21/h5-7,9,11H,2,4,8H2,1,3H3. The van der Waals surface area contributed by atoms with Crippen LogP contribution >= 0.6 is 0 Å². The summed E-state index contributed by atoms with van der Waals surface area (Å²) in [4.78, 5) is 12.1. The normalized spacial score (nSPS) is 17.3. The number of benzene rings is 1.